The average Bonchev–Trinajstić information content (AvgIpc) is 2.46. The Balaban J connectivity index is 2.00. The Labute approximate surface area is 120 Å². The van der Waals surface area contributed by atoms with E-state index in [9.17, 15) is 14.9 Å². The van der Waals surface area contributed by atoms with Gasteiger partial charge in [0, 0.05) is 18.7 Å². The van der Waals surface area contributed by atoms with Gasteiger partial charge < -0.3 is 9.47 Å². The highest BCUT2D eigenvalue weighted by Crippen LogP contribution is 2.23. The number of hydrogen-bond acceptors (Lipinski definition) is 5. The van der Waals surface area contributed by atoms with E-state index in [1.807, 2.05) is 0 Å². The third-order valence-electron chi connectivity index (χ3n) is 3.05. The molecule has 1 aliphatic rings. The number of hydrogen-bond donors (Lipinski definition) is 0. The second-order valence-corrected chi connectivity index (χ2v) is 4.92. The molecule has 0 saturated carbocycles. The van der Waals surface area contributed by atoms with Crippen LogP contribution < -0.4 is 0 Å². The van der Waals surface area contributed by atoms with Gasteiger partial charge in [0.1, 0.15) is 6.61 Å². The minimum absolute atomic E-state index is 0.00308. The zero-order chi connectivity index (χ0) is 14.5. The number of carbonyl (C=O) groups is 1. The maximum Gasteiger partial charge on any atom is 0.340 e. The number of esters is 1. The molecule has 0 amide bonds. The van der Waals surface area contributed by atoms with Crippen molar-refractivity contribution in [1.29, 1.82) is 0 Å². The van der Waals surface area contributed by atoms with E-state index in [1.54, 1.807) is 0 Å². The van der Waals surface area contributed by atoms with Gasteiger partial charge in [-0.25, -0.2) is 4.79 Å². The number of rotatable bonds is 4. The van der Waals surface area contributed by atoms with E-state index in [1.165, 1.54) is 12.1 Å². The second-order valence-electron chi connectivity index (χ2n) is 4.51. The summed E-state index contributed by atoms with van der Waals surface area (Å²) in [6.07, 6.45) is 2.79. The topological polar surface area (TPSA) is 78.7 Å². The highest BCUT2D eigenvalue weighted by Gasteiger charge is 2.20. The van der Waals surface area contributed by atoms with Crippen LogP contribution in [-0.4, -0.2) is 30.2 Å². The Hall–Kier alpha value is -1.66. The van der Waals surface area contributed by atoms with Crippen LogP contribution in [0.3, 0.4) is 0 Å². The maximum absolute atomic E-state index is 11.9. The van der Waals surface area contributed by atoms with Crippen molar-refractivity contribution in [3.8, 4) is 0 Å². The molecule has 6 nitrogen and oxygen atoms in total. The molecule has 7 heteroatoms. The SMILES string of the molecule is O=C(OCC1CCCCO1)c1cc([N+](=O)[O-])ccc1Cl. The molecule has 1 atom stereocenters. The Kier molecular flexibility index (Phi) is 4.92. The molecular weight excluding hydrogens is 286 g/mol. The zero-order valence-electron chi connectivity index (χ0n) is 10.7. The largest absolute Gasteiger partial charge is 0.459 e. The smallest absolute Gasteiger partial charge is 0.340 e. The molecular formula is C13H14ClNO5. The molecule has 1 aliphatic heterocycles. The van der Waals surface area contributed by atoms with Gasteiger partial charge >= 0.3 is 5.97 Å². The van der Waals surface area contributed by atoms with Crippen LogP contribution in [0.25, 0.3) is 0 Å². The van der Waals surface area contributed by atoms with Gasteiger partial charge in [-0.05, 0) is 25.3 Å². The Morgan fingerprint density at radius 1 is 1.50 bits per heavy atom. The predicted octanol–water partition coefficient (Wildman–Crippen LogP) is 2.97. The van der Waals surface area contributed by atoms with Crippen molar-refractivity contribution in [1.82, 2.24) is 0 Å². The van der Waals surface area contributed by atoms with E-state index >= 15 is 0 Å². The number of nitro groups is 1. The normalized spacial score (nSPS) is 18.6. The quantitative estimate of drug-likeness (QED) is 0.485. The zero-order valence-corrected chi connectivity index (χ0v) is 11.5. The van der Waals surface area contributed by atoms with Gasteiger partial charge in [-0.3, -0.25) is 10.1 Å². The van der Waals surface area contributed by atoms with Crippen LogP contribution >= 0.6 is 11.6 Å². The highest BCUT2D eigenvalue weighted by atomic mass is 35.5. The van der Waals surface area contributed by atoms with Crippen LogP contribution in [-0.2, 0) is 9.47 Å². The van der Waals surface area contributed by atoms with Crippen molar-refractivity contribution >= 4 is 23.3 Å². The summed E-state index contributed by atoms with van der Waals surface area (Å²) in [5, 5.41) is 10.8. The first-order chi connectivity index (χ1) is 9.58. The predicted molar refractivity (Wildman–Crippen MR) is 72.0 cm³/mol. The molecule has 0 radical (unpaired) electrons. The number of nitrogens with zero attached hydrogens (tertiary/aromatic N) is 1. The van der Waals surface area contributed by atoms with Crippen LogP contribution in [0.4, 0.5) is 5.69 Å². The van der Waals surface area contributed by atoms with Crippen LogP contribution in [0.5, 0.6) is 0 Å². The molecule has 0 aromatic heterocycles. The lowest BCUT2D eigenvalue weighted by Gasteiger charge is -2.22. The second kappa shape index (κ2) is 6.67. The van der Waals surface area contributed by atoms with Gasteiger partial charge in [-0.1, -0.05) is 11.6 Å². The fraction of sp³-hybridized carbons (Fsp3) is 0.462. The lowest BCUT2D eigenvalue weighted by Crippen LogP contribution is -2.26. The molecule has 0 N–H and O–H groups in total. The first-order valence-corrected chi connectivity index (χ1v) is 6.68. The summed E-state index contributed by atoms with van der Waals surface area (Å²) in [4.78, 5) is 22.0. The molecule has 0 spiro atoms. The van der Waals surface area contributed by atoms with Crippen LogP contribution in [0.2, 0.25) is 5.02 Å². The lowest BCUT2D eigenvalue weighted by molar-refractivity contribution is -0.384. The summed E-state index contributed by atoms with van der Waals surface area (Å²) < 4.78 is 10.6. The Morgan fingerprint density at radius 3 is 2.95 bits per heavy atom. The van der Waals surface area contributed by atoms with Gasteiger partial charge in [0.05, 0.1) is 21.6 Å². The molecule has 1 aromatic carbocycles. The summed E-state index contributed by atoms with van der Waals surface area (Å²) >= 11 is 5.86. The third-order valence-corrected chi connectivity index (χ3v) is 3.38. The lowest BCUT2D eigenvalue weighted by atomic mass is 10.1. The number of benzene rings is 1. The Bertz CT molecular complexity index is 513. The number of non-ortho nitro benzene ring substituents is 1. The van der Waals surface area contributed by atoms with Crippen molar-refractivity contribution in [2.24, 2.45) is 0 Å². The molecule has 1 fully saturated rings. The first kappa shape index (κ1) is 14.7. The Morgan fingerprint density at radius 2 is 2.30 bits per heavy atom. The van der Waals surface area contributed by atoms with E-state index in [2.05, 4.69) is 0 Å². The molecule has 1 saturated heterocycles. The molecule has 0 bridgehead atoms. The molecule has 1 heterocycles. The fourth-order valence-corrected chi connectivity index (χ4v) is 2.16. The fourth-order valence-electron chi connectivity index (χ4n) is 1.97. The van der Waals surface area contributed by atoms with Crippen LogP contribution in [0.1, 0.15) is 29.6 Å². The molecule has 0 aliphatic carbocycles. The minimum atomic E-state index is -0.673. The van der Waals surface area contributed by atoms with Crippen LogP contribution in [0, 0.1) is 10.1 Å². The van der Waals surface area contributed by atoms with Gasteiger partial charge in [0.2, 0.25) is 0 Å². The summed E-state index contributed by atoms with van der Waals surface area (Å²) in [7, 11) is 0. The molecule has 2 rings (SSSR count). The van der Waals surface area contributed by atoms with Crippen molar-refractivity contribution in [3.05, 3.63) is 38.9 Å². The summed E-state index contributed by atoms with van der Waals surface area (Å²) in [6, 6.07) is 3.67. The monoisotopic (exact) mass is 299 g/mol. The van der Waals surface area contributed by atoms with E-state index < -0.39 is 10.9 Å². The number of halogens is 1. The number of carbonyl (C=O) groups excluding carboxylic acids is 1. The molecule has 108 valence electrons. The number of ether oxygens (including phenoxy) is 2. The van der Waals surface area contributed by atoms with E-state index in [0.717, 1.165) is 25.3 Å². The standard InChI is InChI=1S/C13H14ClNO5/c14-12-5-4-9(15(17)18)7-11(12)13(16)20-8-10-3-1-2-6-19-10/h4-5,7,10H,1-3,6,8H2. The summed E-state index contributed by atoms with van der Waals surface area (Å²) in [5.41, 5.74) is -0.202. The summed E-state index contributed by atoms with van der Waals surface area (Å²) in [5.74, 6) is -0.673. The van der Waals surface area contributed by atoms with Crippen molar-refractivity contribution < 1.29 is 19.2 Å². The first-order valence-electron chi connectivity index (χ1n) is 6.30. The summed E-state index contributed by atoms with van der Waals surface area (Å²) in [6.45, 7) is 0.803. The molecule has 1 unspecified atom stereocenters. The van der Waals surface area contributed by atoms with E-state index in [0.29, 0.717) is 6.61 Å². The highest BCUT2D eigenvalue weighted by molar-refractivity contribution is 6.33. The molecule has 1 aromatic rings. The maximum atomic E-state index is 11.9. The number of nitro benzene ring substituents is 1. The van der Waals surface area contributed by atoms with Crippen molar-refractivity contribution in [2.75, 3.05) is 13.2 Å². The van der Waals surface area contributed by atoms with E-state index in [4.69, 9.17) is 21.1 Å². The van der Waals surface area contributed by atoms with E-state index in [-0.39, 0.29) is 29.0 Å². The average molecular weight is 300 g/mol. The van der Waals surface area contributed by atoms with Gasteiger partial charge in [0.25, 0.3) is 5.69 Å². The van der Waals surface area contributed by atoms with Crippen LogP contribution in [0.15, 0.2) is 18.2 Å². The van der Waals surface area contributed by atoms with Gasteiger partial charge in [0.15, 0.2) is 0 Å². The van der Waals surface area contributed by atoms with Crippen molar-refractivity contribution in [2.45, 2.75) is 25.4 Å². The molecule has 20 heavy (non-hydrogen) atoms. The van der Waals surface area contributed by atoms with Gasteiger partial charge in [-0.2, -0.15) is 0 Å². The van der Waals surface area contributed by atoms with Gasteiger partial charge in [-0.15, -0.1) is 0 Å². The minimum Gasteiger partial charge on any atom is -0.459 e. The van der Waals surface area contributed by atoms with Crippen molar-refractivity contribution in [3.63, 3.8) is 0 Å². The third kappa shape index (κ3) is 3.68.